The third kappa shape index (κ3) is 3.84. The van der Waals surface area contributed by atoms with E-state index < -0.39 is 5.82 Å². The van der Waals surface area contributed by atoms with Crippen molar-refractivity contribution in [3.63, 3.8) is 0 Å². The second-order valence-electron chi connectivity index (χ2n) is 3.78. The first-order valence-corrected chi connectivity index (χ1v) is 5.90. The Morgan fingerprint density at radius 2 is 1.83 bits per heavy atom. The highest BCUT2D eigenvalue weighted by atomic mass is 19.1. The number of carbonyl (C=O) groups is 2. The molecule has 0 atom stereocenters. The molecule has 1 aromatic rings. The zero-order valence-corrected chi connectivity index (χ0v) is 10.6. The maximum absolute atomic E-state index is 12.8. The molecule has 0 aromatic heterocycles. The van der Waals surface area contributed by atoms with Gasteiger partial charge in [-0.05, 0) is 38.1 Å². The Kier molecular flexibility index (Phi) is 5.30. The lowest BCUT2D eigenvalue weighted by molar-refractivity contribution is -0.121. The summed E-state index contributed by atoms with van der Waals surface area (Å²) in [7, 11) is 0. The number of nitrogens with zero attached hydrogens (tertiary/aromatic N) is 1. The summed E-state index contributed by atoms with van der Waals surface area (Å²) < 4.78 is 12.8. The minimum absolute atomic E-state index is 0.0144. The van der Waals surface area contributed by atoms with Crippen LogP contribution in [0.3, 0.4) is 0 Å². The van der Waals surface area contributed by atoms with E-state index in [2.05, 4.69) is 5.32 Å². The number of hydrogen-bond acceptors (Lipinski definition) is 2. The second kappa shape index (κ2) is 6.74. The van der Waals surface area contributed by atoms with Gasteiger partial charge in [0, 0.05) is 18.7 Å². The Hall–Kier alpha value is -1.91. The normalized spacial score (nSPS) is 9.94. The number of benzene rings is 1. The molecule has 1 N–H and O–H groups in total. The zero-order chi connectivity index (χ0) is 13.5. The molecule has 98 valence electrons. The molecule has 0 aliphatic heterocycles. The molecule has 0 unspecified atom stereocenters. The third-order valence-electron chi connectivity index (χ3n) is 2.47. The van der Waals surface area contributed by atoms with E-state index in [4.69, 9.17) is 0 Å². The molecule has 0 spiro atoms. The molecule has 0 radical (unpaired) electrons. The van der Waals surface area contributed by atoms with E-state index in [0.717, 1.165) is 0 Å². The van der Waals surface area contributed by atoms with Gasteiger partial charge in [-0.25, -0.2) is 4.39 Å². The van der Waals surface area contributed by atoms with E-state index in [9.17, 15) is 14.0 Å². The fourth-order valence-electron chi connectivity index (χ4n) is 1.53. The van der Waals surface area contributed by atoms with Crippen LogP contribution in [0, 0.1) is 5.82 Å². The van der Waals surface area contributed by atoms with Gasteiger partial charge < -0.3 is 10.2 Å². The molecule has 4 nitrogen and oxygen atoms in total. The monoisotopic (exact) mass is 252 g/mol. The topological polar surface area (TPSA) is 49.4 Å². The van der Waals surface area contributed by atoms with E-state index in [1.54, 1.807) is 6.92 Å². The van der Waals surface area contributed by atoms with Gasteiger partial charge in [-0.15, -0.1) is 0 Å². The molecule has 0 fully saturated rings. The first-order valence-electron chi connectivity index (χ1n) is 5.90. The van der Waals surface area contributed by atoms with E-state index >= 15 is 0 Å². The largest absolute Gasteiger partial charge is 0.355 e. The van der Waals surface area contributed by atoms with Gasteiger partial charge in [-0.2, -0.15) is 0 Å². The van der Waals surface area contributed by atoms with Crippen LogP contribution >= 0.6 is 0 Å². The summed E-state index contributed by atoms with van der Waals surface area (Å²) in [5.41, 5.74) is 0.377. The van der Waals surface area contributed by atoms with Crippen LogP contribution in [-0.2, 0) is 4.79 Å². The van der Waals surface area contributed by atoms with Crippen LogP contribution in [0.15, 0.2) is 24.3 Å². The Balaban J connectivity index is 2.73. The van der Waals surface area contributed by atoms with Crippen LogP contribution in [0.1, 0.15) is 24.2 Å². The van der Waals surface area contributed by atoms with Gasteiger partial charge in [-0.1, -0.05) is 0 Å². The minimum atomic E-state index is -0.390. The zero-order valence-electron chi connectivity index (χ0n) is 10.6. The van der Waals surface area contributed by atoms with Crippen LogP contribution in [0.25, 0.3) is 0 Å². The van der Waals surface area contributed by atoms with Crippen molar-refractivity contribution in [2.45, 2.75) is 13.8 Å². The average Bonchev–Trinajstić information content (AvgIpc) is 2.36. The van der Waals surface area contributed by atoms with Crippen LogP contribution in [-0.4, -0.2) is 36.3 Å². The Morgan fingerprint density at radius 1 is 1.22 bits per heavy atom. The first kappa shape index (κ1) is 14.2. The second-order valence-corrected chi connectivity index (χ2v) is 3.78. The number of halogens is 1. The van der Waals surface area contributed by atoms with Crippen molar-refractivity contribution in [3.8, 4) is 0 Å². The lowest BCUT2D eigenvalue weighted by atomic mass is 10.2. The Morgan fingerprint density at radius 3 is 2.33 bits per heavy atom. The highest BCUT2D eigenvalue weighted by Gasteiger charge is 2.16. The fourth-order valence-corrected chi connectivity index (χ4v) is 1.53. The van der Waals surface area contributed by atoms with Gasteiger partial charge >= 0.3 is 0 Å². The predicted octanol–water partition coefficient (Wildman–Crippen LogP) is 1.42. The molecule has 1 rings (SSSR count). The number of likely N-dealkylation sites (N-methyl/N-ethyl adjacent to an activating group) is 2. The summed E-state index contributed by atoms with van der Waals surface area (Å²) in [5.74, 6) is -0.864. The van der Waals surface area contributed by atoms with Crippen molar-refractivity contribution >= 4 is 11.8 Å². The average molecular weight is 252 g/mol. The third-order valence-corrected chi connectivity index (χ3v) is 2.47. The maximum atomic E-state index is 12.8. The Bertz CT molecular complexity index is 418. The van der Waals surface area contributed by atoms with Crippen LogP contribution in [0.5, 0.6) is 0 Å². The van der Waals surface area contributed by atoms with Crippen molar-refractivity contribution in [3.05, 3.63) is 35.6 Å². The molecule has 1 aromatic carbocycles. The van der Waals surface area contributed by atoms with E-state index in [1.165, 1.54) is 29.2 Å². The lowest BCUT2D eigenvalue weighted by Gasteiger charge is -2.20. The summed E-state index contributed by atoms with van der Waals surface area (Å²) >= 11 is 0. The van der Waals surface area contributed by atoms with Gasteiger partial charge in [0.25, 0.3) is 5.91 Å². The molecule has 5 heteroatoms. The maximum Gasteiger partial charge on any atom is 0.254 e. The van der Waals surface area contributed by atoms with Crippen molar-refractivity contribution in [2.24, 2.45) is 0 Å². The van der Waals surface area contributed by atoms with Crippen LogP contribution < -0.4 is 5.32 Å². The van der Waals surface area contributed by atoms with E-state index in [-0.39, 0.29) is 18.4 Å². The molecule has 18 heavy (non-hydrogen) atoms. The quantitative estimate of drug-likeness (QED) is 0.861. The molecule has 0 aliphatic rings. The number of nitrogens with one attached hydrogen (secondary N) is 1. The van der Waals surface area contributed by atoms with Crippen LogP contribution in [0.4, 0.5) is 4.39 Å². The number of carbonyl (C=O) groups excluding carboxylic acids is 2. The molecule has 0 heterocycles. The highest BCUT2D eigenvalue weighted by molar-refractivity contribution is 5.96. The lowest BCUT2D eigenvalue weighted by Crippen LogP contribution is -2.40. The summed E-state index contributed by atoms with van der Waals surface area (Å²) in [5, 5.41) is 2.63. The number of amides is 2. The van der Waals surface area contributed by atoms with Crippen molar-refractivity contribution in [2.75, 3.05) is 19.6 Å². The van der Waals surface area contributed by atoms with Gasteiger partial charge in [0.1, 0.15) is 5.82 Å². The smallest absolute Gasteiger partial charge is 0.254 e. The predicted molar refractivity (Wildman–Crippen MR) is 66.7 cm³/mol. The molecule has 0 saturated heterocycles. The molecule has 0 bridgehead atoms. The standard InChI is InChI=1S/C13H17FN2O2/c1-3-15-12(17)9-16(4-2)13(18)10-5-7-11(14)8-6-10/h5-8H,3-4,9H2,1-2H3,(H,15,17). The SMILES string of the molecule is CCNC(=O)CN(CC)C(=O)c1ccc(F)cc1. The Labute approximate surface area is 106 Å². The van der Waals surface area contributed by atoms with Crippen molar-refractivity contribution in [1.82, 2.24) is 10.2 Å². The summed E-state index contributed by atoms with van der Waals surface area (Å²) in [4.78, 5) is 24.9. The van der Waals surface area contributed by atoms with E-state index in [0.29, 0.717) is 18.7 Å². The minimum Gasteiger partial charge on any atom is -0.355 e. The fraction of sp³-hybridized carbons (Fsp3) is 0.385. The van der Waals surface area contributed by atoms with Gasteiger partial charge in [-0.3, -0.25) is 9.59 Å². The van der Waals surface area contributed by atoms with Crippen molar-refractivity contribution in [1.29, 1.82) is 0 Å². The summed E-state index contributed by atoms with van der Waals surface area (Å²) in [6.45, 7) is 4.58. The van der Waals surface area contributed by atoms with Crippen molar-refractivity contribution < 1.29 is 14.0 Å². The molecule has 2 amide bonds. The number of rotatable bonds is 5. The van der Waals surface area contributed by atoms with Crippen LogP contribution in [0.2, 0.25) is 0 Å². The van der Waals surface area contributed by atoms with Gasteiger partial charge in [0.2, 0.25) is 5.91 Å². The highest BCUT2D eigenvalue weighted by Crippen LogP contribution is 2.06. The molecular weight excluding hydrogens is 235 g/mol. The van der Waals surface area contributed by atoms with E-state index in [1.807, 2.05) is 6.92 Å². The first-order chi connectivity index (χ1) is 8.58. The molecular formula is C13H17FN2O2. The van der Waals surface area contributed by atoms with Gasteiger partial charge in [0.15, 0.2) is 0 Å². The summed E-state index contributed by atoms with van der Waals surface area (Å²) in [6, 6.07) is 5.29. The van der Waals surface area contributed by atoms with Gasteiger partial charge in [0.05, 0.1) is 6.54 Å². The molecule has 0 aliphatic carbocycles. The number of hydrogen-bond donors (Lipinski definition) is 1. The summed E-state index contributed by atoms with van der Waals surface area (Å²) in [6.07, 6.45) is 0. The molecule has 0 saturated carbocycles.